The number of hydrogen-bond donors (Lipinski definition) is 1. The Morgan fingerprint density at radius 1 is 1.05 bits per heavy atom. The first kappa shape index (κ1) is 26.5. The second-order valence-corrected chi connectivity index (χ2v) is 12.7. The van der Waals surface area contributed by atoms with Gasteiger partial charge in [0.05, 0.1) is 17.8 Å². The summed E-state index contributed by atoms with van der Waals surface area (Å²) in [6, 6.07) is 6.51. The van der Waals surface area contributed by atoms with Crippen LogP contribution in [0.1, 0.15) is 75.8 Å². The highest BCUT2D eigenvalue weighted by Crippen LogP contribution is 2.45. The van der Waals surface area contributed by atoms with Gasteiger partial charge < -0.3 is 24.4 Å². The van der Waals surface area contributed by atoms with E-state index in [0.29, 0.717) is 29.4 Å². The maximum absolute atomic E-state index is 13.0. The van der Waals surface area contributed by atoms with Gasteiger partial charge in [0.2, 0.25) is 5.95 Å². The van der Waals surface area contributed by atoms with Crippen molar-refractivity contribution in [3.63, 3.8) is 0 Å². The second-order valence-electron chi connectivity index (χ2n) is 12.7. The summed E-state index contributed by atoms with van der Waals surface area (Å²) < 4.78 is 7.78. The van der Waals surface area contributed by atoms with E-state index in [1.165, 1.54) is 0 Å². The molecule has 1 N–H and O–H groups in total. The van der Waals surface area contributed by atoms with E-state index < -0.39 is 5.60 Å². The summed E-state index contributed by atoms with van der Waals surface area (Å²) in [5, 5.41) is 4.11. The van der Waals surface area contributed by atoms with Gasteiger partial charge in [-0.05, 0) is 70.6 Å². The van der Waals surface area contributed by atoms with Crippen LogP contribution in [0.2, 0.25) is 0 Å². The molecule has 2 bridgehead atoms. The Balaban J connectivity index is 1.17. The number of nitrogens with one attached hydrogen (secondary N) is 1. The van der Waals surface area contributed by atoms with Crippen molar-refractivity contribution in [3.05, 3.63) is 36.3 Å². The van der Waals surface area contributed by atoms with Crippen LogP contribution in [0.25, 0.3) is 11.0 Å². The molecule has 1 amide bonds. The fraction of sp³-hybridized carbons (Fsp3) is 0.567. The van der Waals surface area contributed by atoms with Crippen molar-refractivity contribution in [3.8, 4) is 0 Å². The Bertz CT molecular complexity index is 1420. The third-order valence-electron chi connectivity index (χ3n) is 8.46. The molecule has 10 heteroatoms. The Morgan fingerprint density at radius 2 is 1.82 bits per heavy atom. The molecule has 6 rings (SSSR count). The molecule has 0 radical (unpaired) electrons. The van der Waals surface area contributed by atoms with Crippen molar-refractivity contribution >= 4 is 40.4 Å². The molecule has 3 fully saturated rings. The first-order valence-electron chi connectivity index (χ1n) is 14.4. The lowest BCUT2D eigenvalue weighted by Crippen LogP contribution is -2.40. The summed E-state index contributed by atoms with van der Waals surface area (Å²) in [6.07, 6.45) is 9.90. The van der Waals surface area contributed by atoms with E-state index in [-0.39, 0.29) is 23.8 Å². The number of carbonyl (C=O) groups excluding carboxylic acids is 2. The number of hydrogen-bond acceptors (Lipinski definition) is 8. The topological polar surface area (TPSA) is 105 Å². The van der Waals surface area contributed by atoms with E-state index >= 15 is 0 Å². The predicted octanol–water partition coefficient (Wildman–Crippen LogP) is 4.94. The molecule has 2 unspecified atom stereocenters. The van der Waals surface area contributed by atoms with E-state index in [9.17, 15) is 9.59 Å². The van der Waals surface area contributed by atoms with Crippen LogP contribution < -0.4 is 10.2 Å². The average Bonchev–Trinajstić information content (AvgIpc) is 3.70. The van der Waals surface area contributed by atoms with Crippen LogP contribution in [-0.4, -0.2) is 68.6 Å². The zero-order chi connectivity index (χ0) is 28.2. The van der Waals surface area contributed by atoms with Gasteiger partial charge in [-0.2, -0.15) is 4.98 Å². The number of fused-ring (bicyclic) bond motifs is 3. The van der Waals surface area contributed by atoms with Gasteiger partial charge in [0.1, 0.15) is 22.8 Å². The first-order chi connectivity index (χ1) is 19.1. The molecule has 212 valence electrons. The number of pyridine rings is 1. The number of ether oxygens (including phenoxy) is 1. The third kappa shape index (κ3) is 4.99. The fourth-order valence-electron chi connectivity index (χ4n) is 6.67. The Labute approximate surface area is 235 Å². The molecular formula is C30H39N7O3. The van der Waals surface area contributed by atoms with Crippen LogP contribution in [0, 0.1) is 11.8 Å². The summed E-state index contributed by atoms with van der Waals surface area (Å²) in [6.45, 7) is 6.61. The van der Waals surface area contributed by atoms with E-state index in [1.54, 1.807) is 25.2 Å². The molecule has 3 atom stereocenters. The monoisotopic (exact) mass is 545 g/mol. The van der Waals surface area contributed by atoms with Crippen LogP contribution in [0.4, 0.5) is 17.5 Å². The minimum atomic E-state index is -0.453. The number of piperidine rings is 1. The van der Waals surface area contributed by atoms with Gasteiger partial charge in [-0.25, -0.2) is 9.97 Å². The van der Waals surface area contributed by atoms with Crippen LogP contribution in [0.15, 0.2) is 30.6 Å². The number of amides is 1. The minimum absolute atomic E-state index is 0.0156. The number of carbonyl (C=O) groups is 2. The number of rotatable bonds is 6. The molecule has 3 aliphatic rings. The smallest absolute Gasteiger partial charge is 0.309 e. The summed E-state index contributed by atoms with van der Waals surface area (Å²) in [4.78, 5) is 43.6. The zero-order valence-corrected chi connectivity index (χ0v) is 24.1. The number of esters is 1. The lowest BCUT2D eigenvalue weighted by Gasteiger charge is -2.33. The van der Waals surface area contributed by atoms with Crippen molar-refractivity contribution in [2.45, 2.75) is 77.0 Å². The molecule has 1 aliphatic heterocycles. The summed E-state index contributed by atoms with van der Waals surface area (Å²) in [5.41, 5.74) is 2.04. The van der Waals surface area contributed by atoms with E-state index in [4.69, 9.17) is 9.72 Å². The third-order valence-corrected chi connectivity index (χ3v) is 8.46. The van der Waals surface area contributed by atoms with Crippen molar-refractivity contribution < 1.29 is 14.3 Å². The number of aromatic nitrogens is 4. The molecule has 0 aromatic carbocycles. The average molecular weight is 546 g/mol. The molecule has 10 nitrogen and oxygen atoms in total. The van der Waals surface area contributed by atoms with Crippen LogP contribution in [0.3, 0.4) is 0 Å². The van der Waals surface area contributed by atoms with Gasteiger partial charge in [-0.3, -0.25) is 9.59 Å². The largest absolute Gasteiger partial charge is 0.460 e. The Hall–Kier alpha value is -3.69. The normalized spacial score (nSPS) is 22.7. The van der Waals surface area contributed by atoms with Crippen LogP contribution in [0.5, 0.6) is 0 Å². The Kier molecular flexibility index (Phi) is 6.67. The van der Waals surface area contributed by atoms with E-state index in [2.05, 4.69) is 30.8 Å². The highest BCUT2D eigenvalue weighted by molar-refractivity contribution is 5.98. The van der Waals surface area contributed by atoms with Gasteiger partial charge in [-0.15, -0.1) is 0 Å². The maximum Gasteiger partial charge on any atom is 0.309 e. The number of anilines is 3. The summed E-state index contributed by atoms with van der Waals surface area (Å²) in [5.74, 6) is 1.32. The van der Waals surface area contributed by atoms with Crippen LogP contribution in [-0.2, 0) is 9.53 Å². The van der Waals surface area contributed by atoms with Crippen molar-refractivity contribution in [1.29, 1.82) is 0 Å². The molecule has 2 saturated carbocycles. The molecule has 2 aliphatic carbocycles. The first-order valence-corrected chi connectivity index (χ1v) is 14.4. The number of nitrogens with zero attached hydrogens (tertiary/aromatic N) is 6. The van der Waals surface area contributed by atoms with E-state index in [0.717, 1.165) is 61.8 Å². The van der Waals surface area contributed by atoms with Crippen molar-refractivity contribution in [2.24, 2.45) is 11.8 Å². The van der Waals surface area contributed by atoms with Crippen molar-refractivity contribution in [2.75, 3.05) is 30.9 Å². The standard InChI is InChI=1S/C30H39N7O3/c1-30(2,3)40-28(39)23-14-22-12-19(23)17-36(22)21-10-11-25(31-16-21)33-29-32-15-18-13-24(27(38)35(4)5)37(26(18)34-29)20-8-6-7-9-20/h10-11,13,15-16,19-20,22-23H,6-9,12,14,17H2,1-5H3,(H,31,32,33,34)/t19?,22?,23-/m1/s1. The van der Waals surface area contributed by atoms with Gasteiger partial charge in [0.15, 0.2) is 0 Å². The van der Waals surface area contributed by atoms with Gasteiger partial charge in [0, 0.05) is 44.3 Å². The van der Waals surface area contributed by atoms with Gasteiger partial charge >= 0.3 is 5.97 Å². The highest BCUT2D eigenvalue weighted by Gasteiger charge is 2.49. The molecule has 0 spiro atoms. The predicted molar refractivity (Wildman–Crippen MR) is 154 cm³/mol. The van der Waals surface area contributed by atoms with Gasteiger partial charge in [0.25, 0.3) is 5.91 Å². The quantitative estimate of drug-likeness (QED) is 0.434. The molecule has 1 saturated heterocycles. The lowest BCUT2D eigenvalue weighted by molar-refractivity contribution is -0.161. The van der Waals surface area contributed by atoms with Crippen LogP contribution >= 0.6 is 0 Å². The maximum atomic E-state index is 13.0. The summed E-state index contributed by atoms with van der Waals surface area (Å²) >= 11 is 0. The molecular weight excluding hydrogens is 506 g/mol. The SMILES string of the molecule is CN(C)C(=O)c1cc2cnc(Nc3ccc(N4CC5CC4C[C@H]5C(=O)OC(C)(C)C)cn3)nc2n1C1CCCC1. The minimum Gasteiger partial charge on any atom is -0.460 e. The molecule has 40 heavy (non-hydrogen) atoms. The highest BCUT2D eigenvalue weighted by atomic mass is 16.6. The zero-order valence-electron chi connectivity index (χ0n) is 24.1. The van der Waals surface area contributed by atoms with Gasteiger partial charge in [-0.1, -0.05) is 12.8 Å². The summed E-state index contributed by atoms with van der Waals surface area (Å²) in [7, 11) is 3.55. The Morgan fingerprint density at radius 3 is 2.45 bits per heavy atom. The van der Waals surface area contributed by atoms with Crippen molar-refractivity contribution in [1.82, 2.24) is 24.4 Å². The fourth-order valence-corrected chi connectivity index (χ4v) is 6.67. The van der Waals surface area contributed by atoms with E-state index in [1.807, 2.05) is 39.1 Å². The molecule has 4 heterocycles. The lowest BCUT2D eigenvalue weighted by atomic mass is 9.94. The molecule has 3 aromatic heterocycles. The molecule has 3 aromatic rings. The second kappa shape index (κ2) is 10.1.